The standard InChI is InChI=1S/C29H34N2O7.2C2H6/c1-7-38-28(35)25-24(26(33)20-13-22(36-5)23(37-6)14-21(20)30-25)29(3,4)15-18(2)16-31(17-32)27(34)19-11-9-8-10-12-19;2*1-2/h8-14,17-18H,7,15-16H2,1-6H3,(H,30,33);2*1-2H3. The lowest BCUT2D eigenvalue weighted by molar-refractivity contribution is -0.116. The van der Waals surface area contributed by atoms with Crippen LogP contribution in [0.4, 0.5) is 0 Å². The lowest BCUT2D eigenvalue weighted by Gasteiger charge is -2.31. The van der Waals surface area contributed by atoms with E-state index in [-0.39, 0.29) is 35.8 Å². The summed E-state index contributed by atoms with van der Waals surface area (Å²) in [6.45, 7) is 15.6. The Morgan fingerprint density at radius 1 is 1.00 bits per heavy atom. The smallest absolute Gasteiger partial charge is 0.355 e. The van der Waals surface area contributed by atoms with Crippen molar-refractivity contribution in [3.8, 4) is 11.5 Å². The van der Waals surface area contributed by atoms with Crippen LogP contribution in [-0.2, 0) is 14.9 Å². The molecule has 2 aromatic carbocycles. The van der Waals surface area contributed by atoms with Crippen LogP contribution in [0.3, 0.4) is 0 Å². The number of pyridine rings is 1. The van der Waals surface area contributed by atoms with E-state index in [9.17, 15) is 19.2 Å². The molecule has 0 spiro atoms. The number of benzene rings is 2. The highest BCUT2D eigenvalue weighted by molar-refractivity contribution is 5.99. The van der Waals surface area contributed by atoms with E-state index < -0.39 is 17.3 Å². The van der Waals surface area contributed by atoms with Gasteiger partial charge in [0, 0.05) is 29.1 Å². The van der Waals surface area contributed by atoms with Gasteiger partial charge < -0.3 is 19.2 Å². The van der Waals surface area contributed by atoms with Crippen molar-refractivity contribution >= 4 is 29.2 Å². The third-order valence-electron chi connectivity index (χ3n) is 6.44. The summed E-state index contributed by atoms with van der Waals surface area (Å²) in [6.07, 6.45) is 0.916. The predicted molar refractivity (Wildman–Crippen MR) is 167 cm³/mol. The van der Waals surface area contributed by atoms with Crippen molar-refractivity contribution in [2.75, 3.05) is 27.4 Å². The molecule has 3 aromatic rings. The van der Waals surface area contributed by atoms with Crippen molar-refractivity contribution in [1.29, 1.82) is 0 Å². The number of esters is 1. The minimum absolute atomic E-state index is 0.0568. The molecule has 0 saturated carbocycles. The molecule has 1 atom stereocenters. The molecule has 1 N–H and O–H groups in total. The third kappa shape index (κ3) is 8.44. The molecular weight excluding hydrogens is 536 g/mol. The molecule has 2 amide bonds. The molecular formula is C33H46N2O7. The number of carbonyl (C=O) groups is 3. The number of imide groups is 1. The molecule has 0 saturated heterocycles. The molecule has 1 heterocycles. The number of hydrogen-bond acceptors (Lipinski definition) is 7. The summed E-state index contributed by atoms with van der Waals surface area (Å²) >= 11 is 0. The van der Waals surface area contributed by atoms with Crippen molar-refractivity contribution in [2.45, 2.75) is 67.2 Å². The van der Waals surface area contributed by atoms with E-state index in [1.807, 2.05) is 48.5 Å². The summed E-state index contributed by atoms with van der Waals surface area (Å²) in [5.41, 5.74) is -0.0424. The number of amides is 2. The minimum Gasteiger partial charge on any atom is -0.493 e. The van der Waals surface area contributed by atoms with Gasteiger partial charge in [-0.1, -0.05) is 66.7 Å². The number of nitrogens with zero attached hydrogens (tertiary/aromatic N) is 1. The van der Waals surface area contributed by atoms with E-state index in [4.69, 9.17) is 14.2 Å². The zero-order valence-corrected chi connectivity index (χ0v) is 26.6. The topological polar surface area (TPSA) is 115 Å². The number of nitrogens with one attached hydrogen (secondary N) is 1. The van der Waals surface area contributed by atoms with Crippen LogP contribution in [0.5, 0.6) is 11.5 Å². The number of H-pyrrole nitrogens is 1. The first kappa shape index (κ1) is 35.9. The lowest BCUT2D eigenvalue weighted by atomic mass is 9.76. The summed E-state index contributed by atoms with van der Waals surface area (Å²) in [5.74, 6) is -0.457. The Labute approximate surface area is 249 Å². The maximum atomic E-state index is 13.9. The van der Waals surface area contributed by atoms with Crippen LogP contribution >= 0.6 is 0 Å². The summed E-state index contributed by atoms with van der Waals surface area (Å²) in [5, 5.41) is 0.334. The van der Waals surface area contributed by atoms with Crippen LogP contribution in [-0.4, -0.2) is 55.5 Å². The Morgan fingerprint density at radius 2 is 1.57 bits per heavy atom. The second kappa shape index (κ2) is 17.0. The molecule has 42 heavy (non-hydrogen) atoms. The fourth-order valence-electron chi connectivity index (χ4n) is 4.91. The number of rotatable bonds is 11. The van der Waals surface area contributed by atoms with Gasteiger partial charge >= 0.3 is 5.97 Å². The lowest BCUT2D eigenvalue weighted by Crippen LogP contribution is -2.37. The monoisotopic (exact) mass is 582 g/mol. The molecule has 0 aliphatic rings. The van der Waals surface area contributed by atoms with Crippen LogP contribution in [0.15, 0.2) is 47.3 Å². The normalized spacial score (nSPS) is 11.2. The van der Waals surface area contributed by atoms with Crippen LogP contribution in [0.2, 0.25) is 0 Å². The predicted octanol–water partition coefficient (Wildman–Crippen LogP) is 6.38. The highest BCUT2D eigenvalue weighted by atomic mass is 16.5. The van der Waals surface area contributed by atoms with Crippen LogP contribution in [0, 0.1) is 5.92 Å². The third-order valence-corrected chi connectivity index (χ3v) is 6.44. The Bertz CT molecular complexity index is 1380. The number of hydrogen-bond donors (Lipinski definition) is 1. The molecule has 1 aromatic heterocycles. The van der Waals surface area contributed by atoms with Crippen molar-refractivity contribution in [3.63, 3.8) is 0 Å². The van der Waals surface area contributed by atoms with Crippen molar-refractivity contribution < 1.29 is 28.6 Å². The first-order chi connectivity index (χ1) is 20.1. The van der Waals surface area contributed by atoms with Crippen LogP contribution in [0.25, 0.3) is 10.9 Å². The Hall–Kier alpha value is -4.14. The summed E-state index contributed by atoms with van der Waals surface area (Å²) < 4.78 is 16.0. The maximum absolute atomic E-state index is 13.9. The second-order valence-corrected chi connectivity index (χ2v) is 9.80. The van der Waals surface area contributed by atoms with E-state index >= 15 is 0 Å². The molecule has 0 aliphatic heterocycles. The summed E-state index contributed by atoms with van der Waals surface area (Å²) in [6, 6.07) is 11.7. The van der Waals surface area contributed by atoms with E-state index in [1.54, 1.807) is 49.4 Å². The van der Waals surface area contributed by atoms with Gasteiger partial charge in [0.1, 0.15) is 5.69 Å². The van der Waals surface area contributed by atoms with Gasteiger partial charge in [-0.25, -0.2) is 4.79 Å². The first-order valence-corrected chi connectivity index (χ1v) is 14.4. The van der Waals surface area contributed by atoms with Crippen LogP contribution < -0.4 is 14.9 Å². The van der Waals surface area contributed by atoms with E-state index in [1.165, 1.54) is 14.2 Å². The summed E-state index contributed by atoms with van der Waals surface area (Å²) in [4.78, 5) is 55.7. The number of fused-ring (bicyclic) bond motifs is 1. The maximum Gasteiger partial charge on any atom is 0.355 e. The highest BCUT2D eigenvalue weighted by Crippen LogP contribution is 2.35. The van der Waals surface area contributed by atoms with Gasteiger partial charge in [0.05, 0.1) is 26.3 Å². The quantitative estimate of drug-likeness (QED) is 0.206. The molecule has 230 valence electrons. The Balaban J connectivity index is 0.00000211. The van der Waals surface area contributed by atoms with Gasteiger partial charge in [-0.2, -0.15) is 0 Å². The Kier molecular flexibility index (Phi) is 14.5. The minimum atomic E-state index is -0.833. The molecule has 0 fully saturated rings. The van der Waals surface area contributed by atoms with Crippen molar-refractivity contribution in [3.05, 3.63) is 69.5 Å². The van der Waals surface area contributed by atoms with Crippen molar-refractivity contribution in [2.24, 2.45) is 5.92 Å². The average molecular weight is 583 g/mol. The number of methoxy groups -OCH3 is 2. The molecule has 3 rings (SSSR count). The van der Waals surface area contributed by atoms with Crippen LogP contribution in [0.1, 0.15) is 88.2 Å². The van der Waals surface area contributed by atoms with Crippen molar-refractivity contribution in [1.82, 2.24) is 9.88 Å². The number of aromatic nitrogens is 1. The number of ether oxygens (including phenoxy) is 3. The first-order valence-electron chi connectivity index (χ1n) is 14.4. The SMILES string of the molecule is CC.CC.CCOC(=O)c1[nH]c2cc(OC)c(OC)cc2c(=O)c1C(C)(C)CC(C)CN(C=O)C(=O)c1ccccc1. The molecule has 9 nitrogen and oxygen atoms in total. The van der Waals surface area contributed by atoms with Gasteiger partial charge in [-0.3, -0.25) is 19.3 Å². The molecule has 0 bridgehead atoms. The van der Waals surface area contributed by atoms with Gasteiger partial charge in [0.2, 0.25) is 6.41 Å². The molecule has 0 radical (unpaired) electrons. The largest absolute Gasteiger partial charge is 0.493 e. The van der Waals surface area contributed by atoms with Gasteiger partial charge in [0.25, 0.3) is 5.91 Å². The zero-order chi connectivity index (χ0) is 32.0. The zero-order valence-electron chi connectivity index (χ0n) is 26.6. The molecule has 1 unspecified atom stereocenters. The number of aromatic amines is 1. The van der Waals surface area contributed by atoms with Gasteiger partial charge in [0.15, 0.2) is 16.9 Å². The highest BCUT2D eigenvalue weighted by Gasteiger charge is 2.34. The fourth-order valence-corrected chi connectivity index (χ4v) is 4.91. The Morgan fingerprint density at radius 3 is 2.10 bits per heavy atom. The van der Waals surface area contributed by atoms with E-state index in [2.05, 4.69) is 4.98 Å². The molecule has 9 heteroatoms. The van der Waals surface area contributed by atoms with E-state index in [0.29, 0.717) is 40.8 Å². The summed E-state index contributed by atoms with van der Waals surface area (Å²) in [7, 11) is 2.96. The van der Waals surface area contributed by atoms with Gasteiger partial charge in [-0.15, -0.1) is 0 Å². The second-order valence-electron chi connectivity index (χ2n) is 9.80. The van der Waals surface area contributed by atoms with E-state index in [0.717, 1.165) is 4.90 Å². The number of carbonyl (C=O) groups excluding carboxylic acids is 3. The molecule has 0 aliphatic carbocycles. The fraction of sp³-hybridized carbons (Fsp3) is 0.455. The average Bonchev–Trinajstić information content (AvgIpc) is 3.00. The van der Waals surface area contributed by atoms with Gasteiger partial charge in [-0.05, 0) is 42.9 Å².